The number of carboxylic acids is 1. The maximum Gasteiger partial charge on any atom is 0.335 e. The summed E-state index contributed by atoms with van der Waals surface area (Å²) < 4.78 is 11.1. The van der Waals surface area contributed by atoms with Crippen molar-refractivity contribution < 1.29 is 34.7 Å². The minimum atomic E-state index is -1.78. The van der Waals surface area contributed by atoms with Crippen molar-refractivity contribution in [2.45, 2.75) is 68.9 Å². The van der Waals surface area contributed by atoms with Crippen molar-refractivity contribution in [1.29, 1.82) is 0 Å². The first-order valence-electron chi connectivity index (χ1n) is 10.0. The van der Waals surface area contributed by atoms with Gasteiger partial charge in [0.25, 0.3) is 0 Å². The molecular weight excluding hydrogens is 496 g/mol. The second-order valence-electron chi connectivity index (χ2n) is 7.71. The van der Waals surface area contributed by atoms with Crippen LogP contribution in [0.25, 0.3) is 10.9 Å². The van der Waals surface area contributed by atoms with Crippen LogP contribution in [0.2, 0.25) is 5.02 Å². The third-order valence-electron chi connectivity index (χ3n) is 5.37. The molecule has 2 heterocycles. The number of aliphatic hydroxyl groups is 3. The monoisotopic (exact) mass is 520 g/mol. The van der Waals surface area contributed by atoms with Gasteiger partial charge in [-0.15, -0.1) is 0 Å². The summed E-state index contributed by atoms with van der Waals surface area (Å²) in [4.78, 5) is 14.1. The van der Waals surface area contributed by atoms with Gasteiger partial charge in [-0.05, 0) is 47.0 Å². The number of H-pyrrole nitrogens is 1. The van der Waals surface area contributed by atoms with E-state index in [1.807, 2.05) is 0 Å². The van der Waals surface area contributed by atoms with Crippen molar-refractivity contribution in [3.63, 3.8) is 0 Å². The summed E-state index contributed by atoms with van der Waals surface area (Å²) >= 11 is 9.18. The van der Waals surface area contributed by atoms with Gasteiger partial charge in [0.15, 0.2) is 11.9 Å². The number of carbonyl (C=O) groups is 1. The van der Waals surface area contributed by atoms with Crippen LogP contribution in [0.1, 0.15) is 32.1 Å². The molecule has 2 fully saturated rings. The van der Waals surface area contributed by atoms with E-state index in [0.29, 0.717) is 26.6 Å². The van der Waals surface area contributed by atoms with Crippen LogP contribution in [0, 0.1) is 0 Å². The predicted molar refractivity (Wildman–Crippen MR) is 117 cm³/mol. The molecule has 4 rings (SSSR count). The third kappa shape index (κ3) is 5.70. The number of ether oxygens (including phenoxy) is 2. The molecule has 1 aliphatic carbocycles. The Labute approximate surface area is 192 Å². The number of aromatic amines is 1. The average molecular weight is 522 g/mol. The van der Waals surface area contributed by atoms with Crippen molar-refractivity contribution in [2.75, 3.05) is 0 Å². The van der Waals surface area contributed by atoms with Crippen LogP contribution >= 0.6 is 27.5 Å². The number of aromatic nitrogens is 1. The first kappa shape index (κ1) is 24.2. The number of hydrogen-bond acceptors (Lipinski definition) is 7. The summed E-state index contributed by atoms with van der Waals surface area (Å²) in [5.41, 5.74) is 6.28. The molecule has 11 heteroatoms. The molecule has 9 nitrogen and oxygen atoms in total. The van der Waals surface area contributed by atoms with Crippen LogP contribution in [0.5, 0.6) is 5.75 Å². The van der Waals surface area contributed by atoms with Crippen molar-refractivity contribution in [2.24, 2.45) is 5.73 Å². The highest BCUT2D eigenvalue weighted by atomic mass is 79.9. The number of aliphatic hydroxyl groups excluding tert-OH is 3. The van der Waals surface area contributed by atoms with Crippen LogP contribution in [0.15, 0.2) is 22.8 Å². The fraction of sp³-hybridized carbons (Fsp3) is 0.550. The van der Waals surface area contributed by atoms with Crippen molar-refractivity contribution in [3.8, 4) is 5.75 Å². The Morgan fingerprint density at radius 2 is 1.84 bits per heavy atom. The quantitative estimate of drug-likeness (QED) is 0.358. The Bertz CT molecular complexity index is 905. The van der Waals surface area contributed by atoms with Crippen LogP contribution < -0.4 is 10.5 Å². The lowest BCUT2D eigenvalue weighted by Gasteiger charge is -2.38. The molecule has 7 N–H and O–H groups in total. The van der Waals surface area contributed by atoms with E-state index >= 15 is 0 Å². The topological polar surface area (TPSA) is 158 Å². The maximum absolute atomic E-state index is 11.1. The number of aliphatic carboxylic acids is 1. The zero-order valence-electron chi connectivity index (χ0n) is 16.6. The first-order chi connectivity index (χ1) is 14.7. The van der Waals surface area contributed by atoms with Crippen molar-refractivity contribution >= 4 is 44.4 Å². The van der Waals surface area contributed by atoms with E-state index in [1.54, 1.807) is 18.2 Å². The second kappa shape index (κ2) is 10.5. The molecule has 1 aromatic carbocycles. The molecule has 0 bridgehead atoms. The normalized spacial score (nSPS) is 29.3. The van der Waals surface area contributed by atoms with E-state index in [0.717, 1.165) is 0 Å². The Morgan fingerprint density at radius 3 is 2.42 bits per heavy atom. The highest BCUT2D eigenvalue weighted by molar-refractivity contribution is 9.10. The minimum absolute atomic E-state index is 0.249. The Balaban J connectivity index is 0.000000330. The third-order valence-corrected chi connectivity index (χ3v) is 6.16. The van der Waals surface area contributed by atoms with E-state index in [-0.39, 0.29) is 5.75 Å². The lowest BCUT2D eigenvalue weighted by atomic mass is 9.97. The molecule has 0 unspecified atom stereocenters. The van der Waals surface area contributed by atoms with Gasteiger partial charge in [-0.2, -0.15) is 0 Å². The summed E-state index contributed by atoms with van der Waals surface area (Å²) in [6.45, 7) is 0. The molecule has 1 aliphatic heterocycles. The smallest absolute Gasteiger partial charge is 0.335 e. The highest BCUT2D eigenvalue weighted by Crippen LogP contribution is 2.37. The molecule has 2 aliphatic rings. The summed E-state index contributed by atoms with van der Waals surface area (Å²) in [6, 6.07) is 5.50. The van der Waals surface area contributed by atoms with Gasteiger partial charge in [0, 0.05) is 16.5 Å². The van der Waals surface area contributed by atoms with Gasteiger partial charge in [-0.25, -0.2) is 4.79 Å². The standard InChI is InChI=1S/C14H13BrClNO7.C6H13N/c15-12-10(5-2-1-4(16)3-6(5)17-12)23-14-9(20)7(18)8(19)11(24-14)13(21)22;7-6-4-2-1-3-5-6/h1-3,7-9,11,14,17-20H,(H,21,22);6H,1-5,7H2/t7-,8-,9+,11-,14+;/m0./s1. The van der Waals surface area contributed by atoms with E-state index in [1.165, 1.54) is 32.1 Å². The van der Waals surface area contributed by atoms with E-state index in [4.69, 9.17) is 31.9 Å². The van der Waals surface area contributed by atoms with E-state index < -0.39 is 36.7 Å². The summed E-state index contributed by atoms with van der Waals surface area (Å²) in [5, 5.41) is 39.7. The zero-order valence-corrected chi connectivity index (χ0v) is 18.9. The SMILES string of the molecule is NC1CCCCC1.O=C(O)[C@H]1O[C@@H](Oc2c(Br)[nH]c3cc(Cl)ccc23)[C@H](O)[C@@H](O)[C@@H]1O. The predicted octanol–water partition coefficient (Wildman–Crippen LogP) is 2.13. The number of nitrogens with two attached hydrogens (primary N) is 1. The van der Waals surface area contributed by atoms with Crippen LogP contribution in [0.4, 0.5) is 0 Å². The summed E-state index contributed by atoms with van der Waals surface area (Å²) in [6.07, 6.45) is -1.70. The second-order valence-corrected chi connectivity index (χ2v) is 8.94. The molecule has 0 radical (unpaired) electrons. The number of halogens is 2. The molecule has 1 saturated heterocycles. The molecule has 31 heavy (non-hydrogen) atoms. The summed E-state index contributed by atoms with van der Waals surface area (Å²) in [5.74, 6) is -1.23. The lowest BCUT2D eigenvalue weighted by Crippen LogP contribution is -2.61. The number of fused-ring (bicyclic) bond motifs is 1. The highest BCUT2D eigenvalue weighted by Gasteiger charge is 2.48. The van der Waals surface area contributed by atoms with E-state index in [9.17, 15) is 20.1 Å². The fourth-order valence-electron chi connectivity index (χ4n) is 3.63. The first-order valence-corrected chi connectivity index (χ1v) is 11.2. The zero-order chi connectivity index (χ0) is 22.7. The minimum Gasteiger partial charge on any atom is -0.479 e. The number of carboxylic acid groups (broad SMARTS) is 1. The van der Waals surface area contributed by atoms with Crippen molar-refractivity contribution in [3.05, 3.63) is 27.8 Å². The molecule has 0 spiro atoms. The maximum atomic E-state index is 11.1. The van der Waals surface area contributed by atoms with Gasteiger partial charge < -0.3 is 40.6 Å². The largest absolute Gasteiger partial charge is 0.479 e. The average Bonchev–Trinajstić information content (AvgIpc) is 3.03. The van der Waals surface area contributed by atoms with E-state index in [2.05, 4.69) is 20.9 Å². The van der Waals surface area contributed by atoms with Gasteiger partial charge in [0.05, 0.1) is 5.52 Å². The number of benzene rings is 1. The van der Waals surface area contributed by atoms with Gasteiger partial charge in [-0.1, -0.05) is 30.9 Å². The molecule has 2 aromatic rings. The Hall–Kier alpha value is -1.40. The lowest BCUT2D eigenvalue weighted by molar-refractivity contribution is -0.271. The van der Waals surface area contributed by atoms with Crippen molar-refractivity contribution in [1.82, 2.24) is 4.98 Å². The molecule has 1 aromatic heterocycles. The molecule has 1 saturated carbocycles. The molecule has 5 atom stereocenters. The summed E-state index contributed by atoms with van der Waals surface area (Å²) in [7, 11) is 0. The molecular formula is C20H26BrClN2O7. The van der Waals surface area contributed by atoms with Crippen LogP contribution in [-0.2, 0) is 9.53 Å². The molecule has 172 valence electrons. The Morgan fingerprint density at radius 1 is 1.16 bits per heavy atom. The van der Waals surface area contributed by atoms with Gasteiger partial charge in [-0.3, -0.25) is 0 Å². The fourth-order valence-corrected chi connectivity index (χ4v) is 4.32. The molecule has 0 amide bonds. The van der Waals surface area contributed by atoms with Gasteiger partial charge in [0.1, 0.15) is 22.9 Å². The van der Waals surface area contributed by atoms with Gasteiger partial charge >= 0.3 is 5.97 Å². The Kier molecular flexibility index (Phi) is 8.19. The van der Waals surface area contributed by atoms with Crippen LogP contribution in [0.3, 0.4) is 0 Å². The van der Waals surface area contributed by atoms with Crippen LogP contribution in [-0.4, -0.2) is 68.1 Å². The van der Waals surface area contributed by atoms with Gasteiger partial charge in [0.2, 0.25) is 6.29 Å². The number of rotatable bonds is 3. The number of nitrogens with one attached hydrogen (secondary N) is 1. The number of hydrogen-bond donors (Lipinski definition) is 6.